The number of hydrogen-bond acceptors (Lipinski definition) is 4. The number of amides is 3. The molecular weight excluding hydrogens is 274 g/mol. The molecule has 3 amide bonds. The van der Waals surface area contributed by atoms with Gasteiger partial charge in [0.2, 0.25) is 0 Å². The maximum absolute atomic E-state index is 11.6. The van der Waals surface area contributed by atoms with Crippen LogP contribution in [0, 0.1) is 10.1 Å². The highest BCUT2D eigenvalue weighted by molar-refractivity contribution is 6.32. The fourth-order valence-corrected chi connectivity index (χ4v) is 1.74. The number of benzene rings is 1. The maximum Gasteiger partial charge on any atom is 0.328 e. The second-order valence-corrected chi connectivity index (χ2v) is 4.23. The first-order chi connectivity index (χ1) is 8.90. The van der Waals surface area contributed by atoms with Crippen LogP contribution in [0.25, 0.3) is 6.08 Å². The molecule has 0 aromatic heterocycles. The summed E-state index contributed by atoms with van der Waals surface area (Å²) < 4.78 is 0. The third kappa shape index (κ3) is 2.41. The molecule has 98 valence electrons. The van der Waals surface area contributed by atoms with Crippen molar-refractivity contribution in [2.45, 2.75) is 0 Å². The van der Waals surface area contributed by atoms with Gasteiger partial charge in [0.15, 0.2) is 0 Å². The number of nitrogens with zero attached hydrogens (tertiary/aromatic N) is 2. The Morgan fingerprint density at radius 1 is 1.42 bits per heavy atom. The van der Waals surface area contributed by atoms with Crippen molar-refractivity contribution in [2.75, 3.05) is 7.05 Å². The van der Waals surface area contributed by atoms with Gasteiger partial charge in [0, 0.05) is 13.1 Å². The van der Waals surface area contributed by atoms with Crippen LogP contribution in [0.4, 0.5) is 10.5 Å². The van der Waals surface area contributed by atoms with Gasteiger partial charge in [0.25, 0.3) is 11.6 Å². The Bertz CT molecular complexity index is 626. The summed E-state index contributed by atoms with van der Waals surface area (Å²) in [6.07, 6.45) is 1.35. The van der Waals surface area contributed by atoms with Crippen LogP contribution in [0.5, 0.6) is 0 Å². The molecule has 1 saturated heterocycles. The lowest BCUT2D eigenvalue weighted by molar-refractivity contribution is -0.384. The van der Waals surface area contributed by atoms with E-state index in [0.29, 0.717) is 5.56 Å². The number of likely N-dealkylation sites (N-methyl/N-ethyl adjacent to an activating group) is 1. The van der Waals surface area contributed by atoms with E-state index in [1.807, 2.05) is 0 Å². The zero-order valence-electron chi connectivity index (χ0n) is 9.71. The van der Waals surface area contributed by atoms with Crippen LogP contribution in [0.15, 0.2) is 23.9 Å². The lowest BCUT2D eigenvalue weighted by Gasteiger charge is -2.00. The fourth-order valence-electron chi connectivity index (χ4n) is 1.55. The number of rotatable bonds is 2. The molecule has 7 nitrogen and oxygen atoms in total. The molecule has 0 atom stereocenters. The number of hydrogen-bond donors (Lipinski definition) is 1. The van der Waals surface area contributed by atoms with Gasteiger partial charge in [-0.25, -0.2) is 4.79 Å². The molecule has 8 heteroatoms. The second-order valence-electron chi connectivity index (χ2n) is 3.82. The zero-order chi connectivity index (χ0) is 14.2. The van der Waals surface area contributed by atoms with Crippen LogP contribution in [0.2, 0.25) is 5.02 Å². The largest absolute Gasteiger partial charge is 0.328 e. The van der Waals surface area contributed by atoms with E-state index in [2.05, 4.69) is 5.32 Å². The van der Waals surface area contributed by atoms with E-state index in [-0.39, 0.29) is 16.4 Å². The Kier molecular flexibility index (Phi) is 3.22. The van der Waals surface area contributed by atoms with Gasteiger partial charge in [-0.15, -0.1) is 0 Å². The minimum atomic E-state index is -0.620. The highest BCUT2D eigenvalue weighted by atomic mass is 35.5. The fraction of sp³-hybridized carbons (Fsp3) is 0.0909. The number of nitro groups is 1. The van der Waals surface area contributed by atoms with Crippen LogP contribution in [-0.4, -0.2) is 28.8 Å². The Hall–Kier alpha value is -2.41. The van der Waals surface area contributed by atoms with Crippen molar-refractivity contribution in [3.05, 3.63) is 44.6 Å². The third-order valence-electron chi connectivity index (χ3n) is 2.56. The molecule has 1 heterocycles. The van der Waals surface area contributed by atoms with Crippen molar-refractivity contribution < 1.29 is 14.5 Å². The molecular formula is C11H8ClN3O4. The highest BCUT2D eigenvalue weighted by Crippen LogP contribution is 2.26. The summed E-state index contributed by atoms with van der Waals surface area (Å²) in [7, 11) is 1.34. The number of carbonyl (C=O) groups is 2. The van der Waals surface area contributed by atoms with E-state index in [0.717, 1.165) is 4.90 Å². The summed E-state index contributed by atoms with van der Waals surface area (Å²) in [5.41, 5.74) is 0.195. The first-order valence-corrected chi connectivity index (χ1v) is 5.52. The van der Waals surface area contributed by atoms with Crippen molar-refractivity contribution in [1.82, 2.24) is 10.2 Å². The Morgan fingerprint density at radius 2 is 2.11 bits per heavy atom. The third-order valence-corrected chi connectivity index (χ3v) is 2.88. The normalized spacial score (nSPS) is 16.9. The maximum atomic E-state index is 11.6. The second kappa shape index (κ2) is 4.69. The van der Waals surface area contributed by atoms with E-state index in [1.165, 1.54) is 31.3 Å². The van der Waals surface area contributed by atoms with Gasteiger partial charge in [0.05, 0.1) is 4.92 Å². The Balaban J connectivity index is 2.39. The van der Waals surface area contributed by atoms with E-state index >= 15 is 0 Å². The lowest BCUT2D eigenvalue weighted by Crippen LogP contribution is -2.25. The van der Waals surface area contributed by atoms with Gasteiger partial charge in [-0.1, -0.05) is 17.7 Å². The topological polar surface area (TPSA) is 92.6 Å². The summed E-state index contributed by atoms with van der Waals surface area (Å²) in [6.45, 7) is 0. The predicted molar refractivity (Wildman–Crippen MR) is 67.4 cm³/mol. The molecule has 0 unspecified atom stereocenters. The number of carbonyl (C=O) groups excluding carboxylic acids is 2. The SMILES string of the molecule is CN1C(=O)N/C(=C/c2ccc(Cl)c([N+](=O)[O-])c2)C1=O. The van der Waals surface area contributed by atoms with Crippen molar-refractivity contribution in [3.63, 3.8) is 0 Å². The summed E-state index contributed by atoms with van der Waals surface area (Å²) in [5, 5.41) is 13.1. The standard InChI is InChI=1S/C11H8ClN3O4/c1-14-10(16)8(13-11(14)17)4-6-2-3-7(12)9(5-6)15(18)19/h2-5H,1H3,(H,13,17)/b8-4+. The summed E-state index contributed by atoms with van der Waals surface area (Å²) >= 11 is 5.68. The number of halogens is 1. The average molecular weight is 282 g/mol. The van der Waals surface area contributed by atoms with Gasteiger partial charge in [0.1, 0.15) is 10.7 Å². The average Bonchev–Trinajstić information content (AvgIpc) is 2.59. The van der Waals surface area contributed by atoms with Gasteiger partial charge in [-0.3, -0.25) is 19.8 Å². The van der Waals surface area contributed by atoms with Crippen LogP contribution < -0.4 is 5.32 Å². The first kappa shape index (κ1) is 13.0. The number of nitrogens with one attached hydrogen (secondary N) is 1. The van der Waals surface area contributed by atoms with Crippen LogP contribution in [0.1, 0.15) is 5.56 Å². The quantitative estimate of drug-likeness (QED) is 0.387. The molecule has 0 spiro atoms. The molecule has 0 saturated carbocycles. The molecule has 19 heavy (non-hydrogen) atoms. The minimum absolute atomic E-state index is 0.00560. The molecule has 1 aliphatic heterocycles. The van der Waals surface area contributed by atoms with Crippen LogP contribution in [0.3, 0.4) is 0 Å². The van der Waals surface area contributed by atoms with Gasteiger partial charge < -0.3 is 5.32 Å². The molecule has 1 N–H and O–H groups in total. The van der Waals surface area contributed by atoms with Crippen molar-refractivity contribution in [1.29, 1.82) is 0 Å². The highest BCUT2D eigenvalue weighted by Gasteiger charge is 2.30. The van der Waals surface area contributed by atoms with Crippen molar-refractivity contribution in [3.8, 4) is 0 Å². The summed E-state index contributed by atoms with van der Waals surface area (Å²) in [5.74, 6) is -0.498. The predicted octanol–water partition coefficient (Wildman–Crippen LogP) is 1.77. The van der Waals surface area contributed by atoms with Gasteiger partial charge in [-0.05, 0) is 17.7 Å². The van der Waals surface area contributed by atoms with Gasteiger partial charge >= 0.3 is 6.03 Å². The monoisotopic (exact) mass is 281 g/mol. The number of urea groups is 1. The van der Waals surface area contributed by atoms with E-state index in [9.17, 15) is 19.7 Å². The van der Waals surface area contributed by atoms with Gasteiger partial charge in [-0.2, -0.15) is 0 Å². The van der Waals surface area contributed by atoms with E-state index < -0.39 is 16.9 Å². The van der Waals surface area contributed by atoms with Crippen LogP contribution >= 0.6 is 11.6 Å². The molecule has 0 aliphatic carbocycles. The zero-order valence-corrected chi connectivity index (χ0v) is 10.5. The summed E-state index contributed by atoms with van der Waals surface area (Å²) in [4.78, 5) is 33.9. The number of imide groups is 1. The lowest BCUT2D eigenvalue weighted by atomic mass is 10.1. The minimum Gasteiger partial charge on any atom is -0.303 e. The van der Waals surface area contributed by atoms with Crippen molar-refractivity contribution in [2.24, 2.45) is 0 Å². The molecule has 0 bridgehead atoms. The molecule has 0 radical (unpaired) electrons. The smallest absolute Gasteiger partial charge is 0.303 e. The summed E-state index contributed by atoms with van der Waals surface area (Å²) in [6, 6.07) is 3.56. The number of nitro benzene ring substituents is 1. The molecule has 1 aromatic carbocycles. The Labute approximate surface area is 112 Å². The first-order valence-electron chi connectivity index (χ1n) is 5.15. The molecule has 1 aromatic rings. The van der Waals surface area contributed by atoms with Crippen molar-refractivity contribution >= 4 is 35.3 Å². The Morgan fingerprint density at radius 3 is 2.63 bits per heavy atom. The molecule has 1 aliphatic rings. The molecule has 2 rings (SSSR count). The molecule has 1 fully saturated rings. The van der Waals surface area contributed by atoms with Crippen LogP contribution in [-0.2, 0) is 4.79 Å². The van der Waals surface area contributed by atoms with E-state index in [4.69, 9.17) is 11.6 Å². The van der Waals surface area contributed by atoms with E-state index in [1.54, 1.807) is 0 Å².